The number of anilines is 2. The molecular formula is C20H21N5OS. The van der Waals surface area contributed by atoms with Crippen LogP contribution in [-0.4, -0.2) is 33.9 Å². The molecule has 1 aliphatic rings. The maximum atomic E-state index is 12.6. The van der Waals surface area contributed by atoms with E-state index >= 15 is 0 Å². The van der Waals surface area contributed by atoms with Gasteiger partial charge in [-0.1, -0.05) is 30.3 Å². The van der Waals surface area contributed by atoms with Crippen molar-refractivity contribution >= 4 is 28.3 Å². The summed E-state index contributed by atoms with van der Waals surface area (Å²) in [4.78, 5) is 28.1. The first-order valence-corrected chi connectivity index (χ1v) is 9.99. The molecule has 1 N–H and O–H groups in total. The summed E-state index contributed by atoms with van der Waals surface area (Å²) in [7, 11) is 0. The minimum Gasteiger partial charge on any atom is -0.348 e. The molecule has 1 amide bonds. The average Bonchev–Trinajstić information content (AvgIpc) is 3.21. The van der Waals surface area contributed by atoms with Crippen LogP contribution in [-0.2, 0) is 0 Å². The van der Waals surface area contributed by atoms with Crippen molar-refractivity contribution in [1.29, 1.82) is 0 Å². The number of carbonyl (C=O) groups is 1. The molecule has 3 heterocycles. The van der Waals surface area contributed by atoms with Crippen molar-refractivity contribution in [2.24, 2.45) is 0 Å². The van der Waals surface area contributed by atoms with Gasteiger partial charge < -0.3 is 4.90 Å². The van der Waals surface area contributed by atoms with E-state index in [9.17, 15) is 4.79 Å². The predicted octanol–water partition coefficient (Wildman–Crippen LogP) is 4.15. The van der Waals surface area contributed by atoms with Crippen molar-refractivity contribution < 1.29 is 4.79 Å². The molecule has 2 aromatic heterocycles. The number of amides is 1. The van der Waals surface area contributed by atoms with Gasteiger partial charge in [-0.2, -0.15) is 0 Å². The van der Waals surface area contributed by atoms with E-state index in [1.54, 1.807) is 11.6 Å². The number of hydrogen-bond acceptors (Lipinski definition) is 6. The lowest BCUT2D eigenvalue weighted by Crippen LogP contribution is -2.29. The molecule has 0 atom stereocenters. The highest BCUT2D eigenvalue weighted by molar-refractivity contribution is 7.14. The smallest absolute Gasteiger partial charge is 0.277 e. The predicted molar refractivity (Wildman–Crippen MR) is 108 cm³/mol. The van der Waals surface area contributed by atoms with Crippen LogP contribution in [0.15, 0.2) is 41.9 Å². The normalized spacial score (nSPS) is 14.2. The zero-order chi connectivity index (χ0) is 18.6. The molecule has 1 fully saturated rings. The minimum absolute atomic E-state index is 0.280. The molecule has 4 rings (SSSR count). The van der Waals surface area contributed by atoms with Crippen molar-refractivity contribution in [3.63, 3.8) is 0 Å². The summed E-state index contributed by atoms with van der Waals surface area (Å²) in [6.07, 6.45) is 5.36. The first kappa shape index (κ1) is 17.6. The highest BCUT2D eigenvalue weighted by Gasteiger charge is 2.18. The van der Waals surface area contributed by atoms with Crippen LogP contribution in [0.4, 0.5) is 11.1 Å². The number of rotatable bonds is 4. The van der Waals surface area contributed by atoms with Gasteiger partial charge in [-0.25, -0.2) is 15.0 Å². The fraction of sp³-hybridized carbons (Fsp3) is 0.300. The molecule has 1 saturated heterocycles. The number of hydrogen-bond donors (Lipinski definition) is 1. The van der Waals surface area contributed by atoms with Crippen molar-refractivity contribution in [3.8, 4) is 11.3 Å². The molecule has 3 aromatic rings. The lowest BCUT2D eigenvalue weighted by molar-refractivity contribution is 0.102. The Morgan fingerprint density at radius 3 is 2.67 bits per heavy atom. The number of aryl methyl sites for hydroxylation is 1. The van der Waals surface area contributed by atoms with Gasteiger partial charge in [0.25, 0.3) is 5.91 Å². The largest absolute Gasteiger partial charge is 0.348 e. The molecule has 6 nitrogen and oxygen atoms in total. The standard InChI is InChI=1S/C20H21N5OS/c1-14-12-21-19(23-17(14)15-8-4-2-5-9-15)24-18(26)16-13-27-20(22-16)25-10-6-3-7-11-25/h2,4-5,8-9,12-13H,3,6-7,10-11H2,1H3,(H,21,23,24,26). The number of nitrogens with zero attached hydrogens (tertiary/aromatic N) is 4. The fourth-order valence-electron chi connectivity index (χ4n) is 3.16. The van der Waals surface area contributed by atoms with E-state index < -0.39 is 0 Å². The number of carbonyl (C=O) groups excluding carboxylic acids is 1. The van der Waals surface area contributed by atoms with Crippen molar-refractivity contribution in [3.05, 3.63) is 53.2 Å². The van der Waals surface area contributed by atoms with Gasteiger partial charge in [0, 0.05) is 30.2 Å². The fourth-order valence-corrected chi connectivity index (χ4v) is 4.01. The second-order valence-corrected chi connectivity index (χ2v) is 7.44. The molecule has 0 spiro atoms. The monoisotopic (exact) mass is 379 g/mol. The molecule has 138 valence electrons. The Morgan fingerprint density at radius 1 is 1.11 bits per heavy atom. The van der Waals surface area contributed by atoms with Crippen molar-refractivity contribution in [2.45, 2.75) is 26.2 Å². The summed E-state index contributed by atoms with van der Waals surface area (Å²) < 4.78 is 0. The third-order valence-corrected chi connectivity index (χ3v) is 5.50. The summed E-state index contributed by atoms with van der Waals surface area (Å²) in [5.41, 5.74) is 3.17. The van der Waals surface area contributed by atoms with Gasteiger partial charge in [0.05, 0.1) is 5.69 Å². The van der Waals surface area contributed by atoms with Gasteiger partial charge >= 0.3 is 0 Å². The third kappa shape index (κ3) is 3.98. The Balaban J connectivity index is 1.51. The second kappa shape index (κ2) is 7.84. The van der Waals surface area contributed by atoms with Crippen LogP contribution in [0.5, 0.6) is 0 Å². The number of piperidine rings is 1. The highest BCUT2D eigenvalue weighted by atomic mass is 32.1. The van der Waals surface area contributed by atoms with Crippen LogP contribution < -0.4 is 10.2 Å². The molecule has 1 aromatic carbocycles. The SMILES string of the molecule is Cc1cnc(NC(=O)c2csc(N3CCCCC3)n2)nc1-c1ccccc1. The van der Waals surface area contributed by atoms with Gasteiger partial charge in [-0.15, -0.1) is 11.3 Å². The summed E-state index contributed by atoms with van der Waals surface area (Å²) in [6.45, 7) is 3.98. The Bertz CT molecular complexity index is 935. The Kier molecular flexibility index (Phi) is 5.11. The molecule has 0 aliphatic carbocycles. The van der Waals surface area contributed by atoms with Gasteiger partial charge in [0.2, 0.25) is 5.95 Å². The molecule has 1 aliphatic heterocycles. The first-order valence-electron chi connectivity index (χ1n) is 9.11. The zero-order valence-electron chi connectivity index (χ0n) is 15.2. The van der Waals surface area contributed by atoms with Gasteiger partial charge in [0.1, 0.15) is 5.69 Å². The summed E-state index contributed by atoms with van der Waals surface area (Å²) in [5.74, 6) is 0.00866. The van der Waals surface area contributed by atoms with Crippen LogP contribution in [0.25, 0.3) is 11.3 Å². The van der Waals surface area contributed by atoms with Crippen LogP contribution in [0.1, 0.15) is 35.3 Å². The van der Waals surface area contributed by atoms with Gasteiger partial charge in [-0.05, 0) is 31.7 Å². The van der Waals surface area contributed by atoms with Crippen LogP contribution in [0.3, 0.4) is 0 Å². The van der Waals surface area contributed by atoms with Gasteiger partial charge in [0.15, 0.2) is 5.13 Å². The number of aromatic nitrogens is 3. The second-order valence-electron chi connectivity index (χ2n) is 6.61. The van der Waals surface area contributed by atoms with E-state index in [2.05, 4.69) is 25.2 Å². The molecule has 27 heavy (non-hydrogen) atoms. The van der Waals surface area contributed by atoms with E-state index in [1.807, 2.05) is 37.3 Å². The number of benzene rings is 1. The van der Waals surface area contributed by atoms with Crippen LogP contribution >= 0.6 is 11.3 Å². The first-order chi connectivity index (χ1) is 13.2. The molecule has 0 unspecified atom stereocenters. The van der Waals surface area contributed by atoms with E-state index in [-0.39, 0.29) is 11.9 Å². The maximum absolute atomic E-state index is 12.6. The highest BCUT2D eigenvalue weighted by Crippen LogP contribution is 2.25. The van der Waals surface area contributed by atoms with E-state index in [0.29, 0.717) is 5.69 Å². The summed E-state index contributed by atoms with van der Waals surface area (Å²) >= 11 is 1.51. The van der Waals surface area contributed by atoms with Crippen molar-refractivity contribution in [2.75, 3.05) is 23.3 Å². The summed E-state index contributed by atoms with van der Waals surface area (Å²) in [6, 6.07) is 9.88. The lowest BCUT2D eigenvalue weighted by atomic mass is 10.1. The average molecular weight is 379 g/mol. The Morgan fingerprint density at radius 2 is 1.89 bits per heavy atom. The summed E-state index contributed by atoms with van der Waals surface area (Å²) in [5, 5.41) is 5.49. The lowest BCUT2D eigenvalue weighted by Gasteiger charge is -2.25. The quantitative estimate of drug-likeness (QED) is 0.737. The van der Waals surface area contributed by atoms with Gasteiger partial charge in [-0.3, -0.25) is 10.1 Å². The van der Waals surface area contributed by atoms with E-state index in [1.165, 1.54) is 30.6 Å². The maximum Gasteiger partial charge on any atom is 0.277 e. The van der Waals surface area contributed by atoms with Crippen molar-refractivity contribution in [1.82, 2.24) is 15.0 Å². The van der Waals surface area contributed by atoms with Crippen LogP contribution in [0, 0.1) is 6.92 Å². The Labute approximate surface area is 162 Å². The molecule has 0 saturated carbocycles. The molecular weight excluding hydrogens is 358 g/mol. The zero-order valence-corrected chi connectivity index (χ0v) is 16.0. The van der Waals surface area contributed by atoms with E-state index in [0.717, 1.165) is 35.0 Å². The Hall–Kier alpha value is -2.80. The van der Waals surface area contributed by atoms with E-state index in [4.69, 9.17) is 0 Å². The van der Waals surface area contributed by atoms with Crippen LogP contribution in [0.2, 0.25) is 0 Å². The minimum atomic E-state index is -0.280. The molecule has 7 heteroatoms. The topological polar surface area (TPSA) is 71.0 Å². The third-order valence-electron chi connectivity index (χ3n) is 4.60. The number of thiazole rings is 1. The molecule has 0 radical (unpaired) electrons. The molecule has 0 bridgehead atoms. The number of nitrogens with one attached hydrogen (secondary N) is 1.